The predicted octanol–water partition coefficient (Wildman–Crippen LogP) is 3.01. The van der Waals surface area contributed by atoms with Crippen LogP contribution in [0.2, 0.25) is 0 Å². The van der Waals surface area contributed by atoms with E-state index in [4.69, 9.17) is 9.47 Å². The van der Waals surface area contributed by atoms with Crippen molar-refractivity contribution >= 4 is 15.2 Å². The smallest absolute Gasteiger partial charge is 0.330 e. The highest BCUT2D eigenvalue weighted by atomic mass is 31.2. The lowest BCUT2D eigenvalue weighted by molar-refractivity contribution is 0.300. The van der Waals surface area contributed by atoms with Gasteiger partial charge < -0.3 is 29.0 Å². The van der Waals surface area contributed by atoms with E-state index in [9.17, 15) is 28.7 Å². The Bertz CT molecular complexity index is 649. The van der Waals surface area contributed by atoms with Gasteiger partial charge >= 0.3 is 15.2 Å². The Hall–Kier alpha value is -0.880. The van der Waals surface area contributed by atoms with Crippen molar-refractivity contribution in [1.82, 2.24) is 0 Å². The predicted molar refractivity (Wildman–Crippen MR) is 94.1 cm³/mol. The van der Waals surface area contributed by atoms with Crippen LogP contribution >= 0.6 is 15.2 Å². The maximum Gasteiger partial charge on any atom is 0.330 e. The minimum absolute atomic E-state index is 0.158. The number of ether oxygens (including phenoxy) is 2. The fraction of sp³-hybridized carbons (Fsp3) is 0.600. The number of rotatable bonds is 11. The van der Waals surface area contributed by atoms with Crippen molar-refractivity contribution < 1.29 is 38.2 Å². The summed E-state index contributed by atoms with van der Waals surface area (Å²) in [6.45, 7) is 2.44. The highest BCUT2D eigenvalue weighted by molar-refractivity contribution is 7.51. The molecule has 0 atom stereocenters. The Balaban J connectivity index is 3.10. The summed E-state index contributed by atoms with van der Waals surface area (Å²) in [6, 6.07) is 2.76. The molecule has 0 saturated heterocycles. The van der Waals surface area contributed by atoms with E-state index in [1.807, 2.05) is 0 Å². The van der Waals surface area contributed by atoms with E-state index >= 15 is 0 Å². The first-order valence-electron chi connectivity index (χ1n) is 7.97. The zero-order valence-electron chi connectivity index (χ0n) is 14.4. The molecule has 0 spiro atoms. The standard InChI is InChI=1S/C15H26O8P2/c1-3-4-5-6-7-23-15-9-12(10-24(16,17)18)14(22-2)8-13(15)11-25(19,20)21/h8-9H,3-7,10-11H2,1-2H3,(H2,16,17,18)(H2,19,20,21). The quantitative estimate of drug-likeness (QED) is 0.331. The van der Waals surface area contributed by atoms with Gasteiger partial charge in [0.25, 0.3) is 0 Å². The molecular weight excluding hydrogens is 370 g/mol. The first-order chi connectivity index (χ1) is 11.6. The highest BCUT2D eigenvalue weighted by Gasteiger charge is 2.23. The van der Waals surface area contributed by atoms with Crippen LogP contribution in [0.15, 0.2) is 12.1 Å². The van der Waals surface area contributed by atoms with Gasteiger partial charge in [0, 0.05) is 11.1 Å². The molecule has 0 heterocycles. The van der Waals surface area contributed by atoms with Gasteiger partial charge in [0.1, 0.15) is 11.5 Å². The van der Waals surface area contributed by atoms with Gasteiger partial charge in [-0.15, -0.1) is 0 Å². The van der Waals surface area contributed by atoms with E-state index in [2.05, 4.69) is 6.92 Å². The summed E-state index contributed by atoms with van der Waals surface area (Å²) in [5.41, 5.74) is 0.476. The molecule has 0 amide bonds. The van der Waals surface area contributed by atoms with E-state index in [1.165, 1.54) is 19.2 Å². The van der Waals surface area contributed by atoms with E-state index < -0.39 is 27.5 Å². The molecule has 0 radical (unpaired) electrons. The van der Waals surface area contributed by atoms with Crippen molar-refractivity contribution in [3.05, 3.63) is 23.3 Å². The second-order valence-corrected chi connectivity index (χ2v) is 9.12. The van der Waals surface area contributed by atoms with Gasteiger partial charge in [-0.25, -0.2) is 0 Å². The minimum Gasteiger partial charge on any atom is -0.496 e. The third kappa shape index (κ3) is 8.86. The normalized spacial score (nSPS) is 12.2. The first-order valence-corrected chi connectivity index (χ1v) is 11.6. The number of methoxy groups -OCH3 is 1. The molecule has 25 heavy (non-hydrogen) atoms. The zero-order valence-corrected chi connectivity index (χ0v) is 16.2. The second-order valence-electron chi connectivity index (χ2n) is 5.83. The summed E-state index contributed by atoms with van der Waals surface area (Å²) >= 11 is 0. The van der Waals surface area contributed by atoms with Crippen LogP contribution in [0.3, 0.4) is 0 Å². The monoisotopic (exact) mass is 396 g/mol. The molecule has 0 bridgehead atoms. The fourth-order valence-corrected chi connectivity index (χ4v) is 3.75. The second kappa shape index (κ2) is 9.72. The topological polar surface area (TPSA) is 134 Å². The largest absolute Gasteiger partial charge is 0.496 e. The third-order valence-corrected chi connectivity index (χ3v) is 4.98. The Kier molecular flexibility index (Phi) is 8.61. The molecule has 1 rings (SSSR count). The van der Waals surface area contributed by atoms with E-state index in [0.29, 0.717) is 6.61 Å². The summed E-state index contributed by atoms with van der Waals surface area (Å²) in [5.74, 6) is 0.370. The van der Waals surface area contributed by atoms with Crippen LogP contribution in [0.25, 0.3) is 0 Å². The van der Waals surface area contributed by atoms with Gasteiger partial charge in [-0.3, -0.25) is 9.13 Å². The summed E-state index contributed by atoms with van der Waals surface area (Å²) in [4.78, 5) is 36.9. The molecule has 1 aromatic carbocycles. The Morgan fingerprint density at radius 1 is 0.880 bits per heavy atom. The molecule has 10 heteroatoms. The average Bonchev–Trinajstić information content (AvgIpc) is 2.46. The SMILES string of the molecule is CCCCCCOc1cc(CP(=O)(O)O)c(OC)cc1CP(=O)(O)O. The van der Waals surface area contributed by atoms with Crippen LogP contribution in [-0.2, 0) is 21.5 Å². The van der Waals surface area contributed by atoms with Crippen molar-refractivity contribution in [3.8, 4) is 11.5 Å². The van der Waals surface area contributed by atoms with E-state index in [0.717, 1.165) is 25.7 Å². The van der Waals surface area contributed by atoms with Crippen molar-refractivity contribution in [3.63, 3.8) is 0 Å². The Morgan fingerprint density at radius 3 is 1.88 bits per heavy atom. The molecule has 0 aliphatic rings. The van der Waals surface area contributed by atoms with Crippen LogP contribution in [0.4, 0.5) is 0 Å². The summed E-state index contributed by atoms with van der Waals surface area (Å²) in [5, 5.41) is 0. The molecule has 144 valence electrons. The molecule has 0 aromatic heterocycles. The van der Waals surface area contributed by atoms with Gasteiger partial charge in [0.05, 0.1) is 26.0 Å². The van der Waals surface area contributed by atoms with Crippen molar-refractivity contribution in [2.45, 2.75) is 44.9 Å². The maximum atomic E-state index is 11.4. The molecule has 4 N–H and O–H groups in total. The fourth-order valence-electron chi connectivity index (χ4n) is 2.37. The van der Waals surface area contributed by atoms with Crippen LogP contribution < -0.4 is 9.47 Å². The molecule has 0 fully saturated rings. The molecular formula is C15H26O8P2. The average molecular weight is 396 g/mol. The van der Waals surface area contributed by atoms with Gasteiger partial charge in [0.15, 0.2) is 0 Å². The molecule has 8 nitrogen and oxygen atoms in total. The molecule has 0 aliphatic heterocycles. The Labute approximate surface area is 147 Å². The van der Waals surface area contributed by atoms with E-state index in [-0.39, 0.29) is 22.6 Å². The lowest BCUT2D eigenvalue weighted by Crippen LogP contribution is -2.04. The number of unbranched alkanes of at least 4 members (excludes halogenated alkanes) is 3. The van der Waals surface area contributed by atoms with Gasteiger partial charge in [-0.2, -0.15) is 0 Å². The van der Waals surface area contributed by atoms with Crippen molar-refractivity contribution in [1.29, 1.82) is 0 Å². The highest BCUT2D eigenvalue weighted by Crippen LogP contribution is 2.46. The van der Waals surface area contributed by atoms with Gasteiger partial charge in [0.2, 0.25) is 0 Å². The summed E-state index contributed by atoms with van der Waals surface area (Å²) in [7, 11) is -7.35. The van der Waals surface area contributed by atoms with Crippen LogP contribution in [0, 0.1) is 0 Å². The van der Waals surface area contributed by atoms with Crippen LogP contribution in [0.1, 0.15) is 43.7 Å². The minimum atomic E-state index is -4.34. The van der Waals surface area contributed by atoms with Crippen LogP contribution in [0.5, 0.6) is 11.5 Å². The lowest BCUT2D eigenvalue weighted by Gasteiger charge is -2.17. The Morgan fingerprint density at radius 2 is 1.40 bits per heavy atom. The first kappa shape index (κ1) is 22.2. The van der Waals surface area contributed by atoms with E-state index in [1.54, 1.807) is 0 Å². The number of hydrogen-bond acceptors (Lipinski definition) is 4. The maximum absolute atomic E-state index is 11.4. The molecule has 0 aliphatic carbocycles. The number of hydrogen-bond donors (Lipinski definition) is 4. The number of benzene rings is 1. The third-order valence-electron chi connectivity index (χ3n) is 3.47. The molecule has 1 aromatic rings. The van der Waals surface area contributed by atoms with Gasteiger partial charge in [-0.1, -0.05) is 26.2 Å². The lowest BCUT2D eigenvalue weighted by atomic mass is 10.1. The summed E-state index contributed by atoms with van der Waals surface area (Å²) < 4.78 is 33.4. The zero-order chi connectivity index (χ0) is 19.1. The molecule has 0 unspecified atom stereocenters. The van der Waals surface area contributed by atoms with Crippen LogP contribution in [-0.4, -0.2) is 33.3 Å². The van der Waals surface area contributed by atoms with Crippen molar-refractivity contribution in [2.75, 3.05) is 13.7 Å². The van der Waals surface area contributed by atoms with Gasteiger partial charge in [-0.05, 0) is 18.6 Å². The summed E-state index contributed by atoms with van der Waals surface area (Å²) in [6.07, 6.45) is 2.80. The molecule has 0 saturated carbocycles. The van der Waals surface area contributed by atoms with Crippen molar-refractivity contribution in [2.24, 2.45) is 0 Å².